The molecule has 2 unspecified atom stereocenters. The molecule has 0 bridgehead atoms. The zero-order valence-electron chi connectivity index (χ0n) is 10.4. The molecule has 0 saturated carbocycles. The van der Waals surface area contributed by atoms with E-state index in [4.69, 9.17) is 9.15 Å². The third-order valence-electron chi connectivity index (χ3n) is 3.68. The molecule has 2 atom stereocenters. The second kappa shape index (κ2) is 4.97. The summed E-state index contributed by atoms with van der Waals surface area (Å²) in [5, 5.41) is 0.434. The van der Waals surface area contributed by atoms with E-state index in [-0.39, 0.29) is 5.91 Å². The van der Waals surface area contributed by atoms with Gasteiger partial charge in [0.1, 0.15) is 5.76 Å². The summed E-state index contributed by atoms with van der Waals surface area (Å²) in [6, 6.07) is 2.09. The van der Waals surface area contributed by atoms with Gasteiger partial charge in [-0.05, 0) is 19.4 Å². The summed E-state index contributed by atoms with van der Waals surface area (Å²) in [6.07, 6.45) is 2.53. The summed E-state index contributed by atoms with van der Waals surface area (Å²) < 4.78 is 10.7. The molecule has 2 fully saturated rings. The summed E-state index contributed by atoms with van der Waals surface area (Å²) in [6.45, 7) is 4.20. The maximum absolute atomic E-state index is 12.6. The quantitative estimate of drug-likeness (QED) is 0.780. The van der Waals surface area contributed by atoms with Crippen LogP contribution in [0.2, 0.25) is 0 Å². The first-order valence-corrected chi connectivity index (χ1v) is 7.36. The molecule has 2 aliphatic rings. The van der Waals surface area contributed by atoms with Gasteiger partial charge in [-0.2, -0.15) is 11.8 Å². The lowest BCUT2D eigenvalue weighted by molar-refractivity contribution is 0.0318. The fraction of sp³-hybridized carbons (Fsp3) is 0.615. The van der Waals surface area contributed by atoms with Crippen molar-refractivity contribution in [2.75, 3.05) is 25.5 Å². The minimum absolute atomic E-state index is 0.110. The smallest absolute Gasteiger partial charge is 0.257 e. The number of furan rings is 1. The van der Waals surface area contributed by atoms with Crippen molar-refractivity contribution in [3.63, 3.8) is 0 Å². The van der Waals surface area contributed by atoms with Crippen LogP contribution in [-0.4, -0.2) is 47.6 Å². The zero-order chi connectivity index (χ0) is 12.5. The highest BCUT2D eigenvalue weighted by molar-refractivity contribution is 8.00. The molecule has 1 aromatic rings. The van der Waals surface area contributed by atoms with Crippen molar-refractivity contribution < 1.29 is 13.9 Å². The number of ether oxygens (including phenoxy) is 1. The van der Waals surface area contributed by atoms with Crippen LogP contribution in [0, 0.1) is 6.92 Å². The lowest BCUT2D eigenvalue weighted by Gasteiger charge is -2.43. The van der Waals surface area contributed by atoms with Gasteiger partial charge in [0, 0.05) is 30.2 Å². The highest BCUT2D eigenvalue weighted by Gasteiger charge is 2.37. The molecule has 0 aliphatic carbocycles. The Labute approximate surface area is 111 Å². The minimum atomic E-state index is 0.110. The van der Waals surface area contributed by atoms with Crippen LogP contribution < -0.4 is 0 Å². The van der Waals surface area contributed by atoms with E-state index in [1.54, 1.807) is 12.3 Å². The highest BCUT2D eigenvalue weighted by atomic mass is 32.2. The number of fused-ring (bicyclic) bond motifs is 1. The number of carbonyl (C=O) groups is 1. The average Bonchev–Trinajstić information content (AvgIpc) is 2.83. The summed E-state index contributed by atoms with van der Waals surface area (Å²) in [5.41, 5.74) is 0.701. The molecule has 0 aromatic carbocycles. The predicted octanol–water partition coefficient (Wildman–Crippen LogP) is 1.93. The first-order valence-electron chi connectivity index (χ1n) is 6.32. The van der Waals surface area contributed by atoms with E-state index >= 15 is 0 Å². The van der Waals surface area contributed by atoms with Gasteiger partial charge in [0.05, 0.1) is 18.4 Å². The van der Waals surface area contributed by atoms with Gasteiger partial charge in [-0.25, -0.2) is 0 Å². The Bertz CT molecular complexity index is 443. The number of thioether (sulfide) groups is 1. The Kier molecular flexibility index (Phi) is 3.35. The average molecular weight is 267 g/mol. The van der Waals surface area contributed by atoms with Crippen molar-refractivity contribution >= 4 is 17.7 Å². The monoisotopic (exact) mass is 267 g/mol. The molecule has 98 valence electrons. The second-order valence-corrected chi connectivity index (χ2v) is 6.08. The van der Waals surface area contributed by atoms with Crippen molar-refractivity contribution in [3.8, 4) is 0 Å². The van der Waals surface area contributed by atoms with Crippen LogP contribution in [0.4, 0.5) is 0 Å². The van der Waals surface area contributed by atoms with Crippen LogP contribution in [0.1, 0.15) is 22.5 Å². The highest BCUT2D eigenvalue weighted by Crippen LogP contribution is 2.31. The molecular weight excluding hydrogens is 250 g/mol. The minimum Gasteiger partial charge on any atom is -0.469 e. The third-order valence-corrected chi connectivity index (χ3v) is 4.98. The number of nitrogens with zero attached hydrogens (tertiary/aromatic N) is 1. The van der Waals surface area contributed by atoms with Crippen LogP contribution in [0.3, 0.4) is 0 Å². The Hall–Kier alpha value is -0.940. The van der Waals surface area contributed by atoms with E-state index < -0.39 is 0 Å². The van der Waals surface area contributed by atoms with Crippen LogP contribution >= 0.6 is 11.8 Å². The SMILES string of the molecule is Cc1occc1C(=O)N1CCSC2COCCC21. The molecule has 0 radical (unpaired) electrons. The summed E-state index contributed by atoms with van der Waals surface area (Å²) in [7, 11) is 0. The Morgan fingerprint density at radius 2 is 2.44 bits per heavy atom. The first kappa shape index (κ1) is 12.1. The van der Waals surface area contributed by atoms with Crippen LogP contribution in [-0.2, 0) is 4.74 Å². The van der Waals surface area contributed by atoms with Gasteiger partial charge in [-0.15, -0.1) is 0 Å². The van der Waals surface area contributed by atoms with Gasteiger partial charge in [-0.3, -0.25) is 4.79 Å². The molecule has 4 nitrogen and oxygen atoms in total. The molecule has 0 spiro atoms. The lowest BCUT2D eigenvalue weighted by Crippen LogP contribution is -2.54. The summed E-state index contributed by atoms with van der Waals surface area (Å²) >= 11 is 1.93. The van der Waals surface area contributed by atoms with E-state index in [0.717, 1.165) is 31.9 Å². The third kappa shape index (κ3) is 2.06. The molecule has 1 amide bonds. The van der Waals surface area contributed by atoms with Gasteiger partial charge in [0.15, 0.2) is 0 Å². The van der Waals surface area contributed by atoms with E-state index in [0.29, 0.717) is 22.6 Å². The van der Waals surface area contributed by atoms with Gasteiger partial charge in [0.2, 0.25) is 0 Å². The summed E-state index contributed by atoms with van der Waals surface area (Å²) in [5.74, 6) is 1.81. The molecule has 3 heterocycles. The largest absolute Gasteiger partial charge is 0.469 e. The van der Waals surface area contributed by atoms with Crippen LogP contribution in [0.15, 0.2) is 16.7 Å². The zero-order valence-corrected chi connectivity index (χ0v) is 11.2. The van der Waals surface area contributed by atoms with Crippen LogP contribution in [0.25, 0.3) is 0 Å². The van der Waals surface area contributed by atoms with Gasteiger partial charge in [0.25, 0.3) is 5.91 Å². The normalized spacial score (nSPS) is 27.9. The number of rotatable bonds is 1. The maximum Gasteiger partial charge on any atom is 0.257 e. The predicted molar refractivity (Wildman–Crippen MR) is 70.0 cm³/mol. The fourth-order valence-corrected chi connectivity index (χ4v) is 4.00. The molecule has 1 aromatic heterocycles. The molecular formula is C13H17NO3S. The molecule has 0 N–H and O–H groups in total. The van der Waals surface area contributed by atoms with Crippen LogP contribution in [0.5, 0.6) is 0 Å². The molecule has 5 heteroatoms. The number of carbonyl (C=O) groups excluding carboxylic acids is 1. The number of hydrogen-bond donors (Lipinski definition) is 0. The van der Waals surface area contributed by atoms with Crippen molar-refractivity contribution in [1.29, 1.82) is 0 Å². The van der Waals surface area contributed by atoms with Crippen molar-refractivity contribution in [2.24, 2.45) is 0 Å². The number of amides is 1. The lowest BCUT2D eigenvalue weighted by atomic mass is 10.0. The van der Waals surface area contributed by atoms with E-state index in [9.17, 15) is 4.79 Å². The molecule has 3 rings (SSSR count). The van der Waals surface area contributed by atoms with E-state index in [1.807, 2.05) is 23.6 Å². The molecule has 2 aliphatic heterocycles. The van der Waals surface area contributed by atoms with Crippen molar-refractivity contribution in [1.82, 2.24) is 4.90 Å². The Morgan fingerprint density at radius 3 is 3.22 bits per heavy atom. The van der Waals surface area contributed by atoms with E-state index in [1.165, 1.54) is 0 Å². The van der Waals surface area contributed by atoms with Crippen molar-refractivity contribution in [2.45, 2.75) is 24.6 Å². The second-order valence-electron chi connectivity index (χ2n) is 4.73. The number of aryl methyl sites for hydroxylation is 1. The summed E-state index contributed by atoms with van der Waals surface area (Å²) in [4.78, 5) is 14.6. The van der Waals surface area contributed by atoms with Crippen molar-refractivity contribution in [3.05, 3.63) is 23.7 Å². The molecule has 18 heavy (non-hydrogen) atoms. The standard InChI is InChI=1S/C13H17NO3S/c1-9-10(2-6-17-9)13(15)14-4-7-18-12-8-16-5-3-11(12)14/h2,6,11-12H,3-5,7-8H2,1H3. The first-order chi connectivity index (χ1) is 8.77. The Morgan fingerprint density at radius 1 is 1.56 bits per heavy atom. The molecule has 2 saturated heterocycles. The van der Waals surface area contributed by atoms with E-state index in [2.05, 4.69) is 0 Å². The van der Waals surface area contributed by atoms with Gasteiger partial charge < -0.3 is 14.1 Å². The topological polar surface area (TPSA) is 42.7 Å². The maximum atomic E-state index is 12.6. The van der Waals surface area contributed by atoms with Gasteiger partial charge in [-0.1, -0.05) is 0 Å². The fourth-order valence-electron chi connectivity index (χ4n) is 2.70. The Balaban J connectivity index is 1.82. The number of hydrogen-bond acceptors (Lipinski definition) is 4. The van der Waals surface area contributed by atoms with Gasteiger partial charge >= 0.3 is 0 Å².